The van der Waals surface area contributed by atoms with E-state index >= 15 is 0 Å². The molecule has 1 saturated heterocycles. The molecule has 0 saturated carbocycles. The second-order valence-corrected chi connectivity index (χ2v) is 7.69. The Morgan fingerprint density at radius 2 is 2.23 bits per heavy atom. The van der Waals surface area contributed by atoms with Gasteiger partial charge in [0.05, 0.1) is 12.2 Å². The van der Waals surface area contributed by atoms with Crippen LogP contribution in [0.25, 0.3) is 0 Å². The van der Waals surface area contributed by atoms with Gasteiger partial charge >= 0.3 is 0 Å². The third-order valence-electron chi connectivity index (χ3n) is 4.26. The fraction of sp³-hybridized carbons (Fsp3) is 0.632. The molecule has 3 heterocycles. The molecule has 0 N–H and O–H groups in total. The molecule has 142 valence electrons. The summed E-state index contributed by atoms with van der Waals surface area (Å²) >= 11 is 0. The molecule has 0 spiro atoms. The summed E-state index contributed by atoms with van der Waals surface area (Å²) in [5, 5.41) is 4.06. The van der Waals surface area contributed by atoms with Gasteiger partial charge in [0.25, 0.3) is 0 Å². The van der Waals surface area contributed by atoms with Gasteiger partial charge in [-0.25, -0.2) is 0 Å². The largest absolute Gasteiger partial charge is 0.489 e. The van der Waals surface area contributed by atoms with Crippen LogP contribution in [0, 0.1) is 5.92 Å². The smallest absolute Gasteiger partial charge is 0.240 e. The summed E-state index contributed by atoms with van der Waals surface area (Å²) < 4.78 is 11.5. The van der Waals surface area contributed by atoms with Gasteiger partial charge in [-0.1, -0.05) is 19.0 Å². The highest BCUT2D eigenvalue weighted by Gasteiger charge is 2.25. The Bertz CT molecular complexity index is 701. The molecule has 2 aromatic rings. The van der Waals surface area contributed by atoms with Crippen LogP contribution in [0.5, 0.6) is 5.75 Å². The molecule has 2 aromatic heterocycles. The highest BCUT2D eigenvalue weighted by Crippen LogP contribution is 2.20. The molecule has 0 bridgehead atoms. The third-order valence-corrected chi connectivity index (χ3v) is 4.26. The predicted molar refractivity (Wildman–Crippen MR) is 98.8 cm³/mol. The van der Waals surface area contributed by atoms with Crippen molar-refractivity contribution in [2.75, 3.05) is 27.2 Å². The molecule has 3 rings (SSSR count). The minimum atomic E-state index is 0.183. The molecule has 26 heavy (non-hydrogen) atoms. The van der Waals surface area contributed by atoms with Crippen molar-refractivity contribution in [3.05, 3.63) is 35.7 Å². The van der Waals surface area contributed by atoms with Gasteiger partial charge in [0, 0.05) is 38.3 Å². The monoisotopic (exact) mass is 359 g/mol. The lowest BCUT2D eigenvalue weighted by atomic mass is 10.1. The Kier molecular flexibility index (Phi) is 6.21. The van der Waals surface area contributed by atoms with Gasteiger partial charge in [0.2, 0.25) is 5.89 Å². The number of likely N-dealkylation sites (tertiary alicyclic amines) is 1. The highest BCUT2D eigenvalue weighted by molar-refractivity contribution is 5.23. The van der Waals surface area contributed by atoms with Gasteiger partial charge in [0.1, 0.15) is 11.9 Å². The minimum Gasteiger partial charge on any atom is -0.489 e. The van der Waals surface area contributed by atoms with E-state index in [1.54, 1.807) is 0 Å². The minimum absolute atomic E-state index is 0.183. The number of hydrogen-bond acceptors (Lipinski definition) is 7. The molecule has 1 aliphatic heterocycles. The van der Waals surface area contributed by atoms with Crippen LogP contribution in [-0.4, -0.2) is 58.2 Å². The SMILES string of the molecule is CC(C)Cc1noc(CN2CCC(Oc3ccnc(CN(C)C)c3)C2)n1. The molecule has 7 nitrogen and oxygen atoms in total. The zero-order valence-electron chi connectivity index (χ0n) is 16.2. The van der Waals surface area contributed by atoms with Crippen molar-refractivity contribution in [2.24, 2.45) is 5.92 Å². The molecule has 0 amide bonds. The molecular weight excluding hydrogens is 330 g/mol. The first kappa shape index (κ1) is 18.8. The molecule has 1 fully saturated rings. The average Bonchev–Trinajstić information content (AvgIpc) is 3.16. The summed E-state index contributed by atoms with van der Waals surface area (Å²) in [7, 11) is 4.07. The summed E-state index contributed by atoms with van der Waals surface area (Å²) in [6.45, 7) is 7.65. The van der Waals surface area contributed by atoms with Gasteiger partial charge in [0.15, 0.2) is 5.82 Å². The Morgan fingerprint density at radius 1 is 1.38 bits per heavy atom. The Hall–Kier alpha value is -1.99. The van der Waals surface area contributed by atoms with Crippen molar-refractivity contribution in [1.82, 2.24) is 24.9 Å². The standard InChI is InChI=1S/C19H29N5O2/c1-14(2)9-18-21-19(26-22-18)13-24-8-6-17(12-24)25-16-5-7-20-15(10-16)11-23(3)4/h5,7,10,14,17H,6,8-9,11-13H2,1-4H3. The number of rotatable bonds is 8. The van der Waals surface area contributed by atoms with Gasteiger partial charge in [-0.15, -0.1) is 0 Å². The molecular formula is C19H29N5O2. The summed E-state index contributed by atoms with van der Waals surface area (Å²) in [6.07, 6.45) is 3.85. The number of ether oxygens (including phenoxy) is 1. The molecule has 1 unspecified atom stereocenters. The topological polar surface area (TPSA) is 67.5 Å². The first-order chi connectivity index (χ1) is 12.5. The van der Waals surface area contributed by atoms with Gasteiger partial charge in [-0.3, -0.25) is 9.88 Å². The zero-order chi connectivity index (χ0) is 18.5. The zero-order valence-corrected chi connectivity index (χ0v) is 16.2. The maximum atomic E-state index is 6.16. The normalized spacial score (nSPS) is 18.2. The van der Waals surface area contributed by atoms with Crippen LogP contribution in [0.2, 0.25) is 0 Å². The van der Waals surface area contributed by atoms with E-state index in [1.807, 2.05) is 32.4 Å². The van der Waals surface area contributed by atoms with E-state index in [-0.39, 0.29) is 6.10 Å². The lowest BCUT2D eigenvalue weighted by molar-refractivity contribution is 0.190. The molecule has 1 aliphatic rings. The summed E-state index contributed by atoms with van der Waals surface area (Å²) in [5.74, 6) is 2.91. The van der Waals surface area contributed by atoms with Crippen molar-refractivity contribution in [3.8, 4) is 5.75 Å². The fourth-order valence-corrected chi connectivity index (χ4v) is 3.16. The first-order valence-corrected chi connectivity index (χ1v) is 9.28. The van der Waals surface area contributed by atoms with Crippen molar-refractivity contribution < 1.29 is 9.26 Å². The van der Waals surface area contributed by atoms with Crippen LogP contribution in [0.3, 0.4) is 0 Å². The second-order valence-electron chi connectivity index (χ2n) is 7.69. The Labute approximate surface area is 155 Å². The molecule has 0 aliphatic carbocycles. The quantitative estimate of drug-likeness (QED) is 0.717. The van der Waals surface area contributed by atoms with Crippen molar-refractivity contribution in [2.45, 2.75) is 45.9 Å². The maximum Gasteiger partial charge on any atom is 0.240 e. The van der Waals surface area contributed by atoms with Crippen LogP contribution in [0.1, 0.15) is 37.7 Å². The predicted octanol–water partition coefficient (Wildman–Crippen LogP) is 2.38. The number of hydrogen-bond donors (Lipinski definition) is 0. The van der Waals surface area contributed by atoms with Gasteiger partial charge in [-0.05, 0) is 32.5 Å². The average molecular weight is 359 g/mol. The summed E-state index contributed by atoms with van der Waals surface area (Å²) in [6, 6.07) is 3.96. The molecule has 0 aromatic carbocycles. The Morgan fingerprint density at radius 3 is 3.00 bits per heavy atom. The summed E-state index contributed by atoms with van der Waals surface area (Å²) in [5.41, 5.74) is 1.02. The lowest BCUT2D eigenvalue weighted by Crippen LogP contribution is -2.24. The van der Waals surface area contributed by atoms with Crippen LogP contribution < -0.4 is 4.74 Å². The van der Waals surface area contributed by atoms with E-state index in [4.69, 9.17) is 9.26 Å². The Balaban J connectivity index is 1.50. The summed E-state index contributed by atoms with van der Waals surface area (Å²) in [4.78, 5) is 13.3. The van der Waals surface area contributed by atoms with Crippen LogP contribution in [0.4, 0.5) is 0 Å². The van der Waals surface area contributed by atoms with Crippen LogP contribution in [0.15, 0.2) is 22.9 Å². The van der Waals surface area contributed by atoms with Crippen molar-refractivity contribution in [1.29, 1.82) is 0 Å². The number of pyridine rings is 1. The van der Waals surface area contributed by atoms with E-state index in [0.29, 0.717) is 18.4 Å². The van der Waals surface area contributed by atoms with Crippen LogP contribution in [-0.2, 0) is 19.5 Å². The van der Waals surface area contributed by atoms with E-state index in [9.17, 15) is 0 Å². The lowest BCUT2D eigenvalue weighted by Gasteiger charge is -2.16. The fourth-order valence-electron chi connectivity index (χ4n) is 3.16. The van der Waals surface area contributed by atoms with E-state index in [2.05, 4.69) is 38.8 Å². The number of aromatic nitrogens is 3. The van der Waals surface area contributed by atoms with Crippen molar-refractivity contribution in [3.63, 3.8) is 0 Å². The molecule has 7 heteroatoms. The molecule has 1 atom stereocenters. The van der Waals surface area contributed by atoms with Crippen LogP contribution >= 0.6 is 0 Å². The number of nitrogens with zero attached hydrogens (tertiary/aromatic N) is 5. The van der Waals surface area contributed by atoms with Crippen molar-refractivity contribution >= 4 is 0 Å². The molecule has 0 radical (unpaired) electrons. The van der Waals surface area contributed by atoms with Gasteiger partial charge < -0.3 is 14.2 Å². The first-order valence-electron chi connectivity index (χ1n) is 9.28. The van der Waals surface area contributed by atoms with Gasteiger partial charge in [-0.2, -0.15) is 4.98 Å². The second kappa shape index (κ2) is 8.60. The van der Waals surface area contributed by atoms with E-state index < -0.39 is 0 Å². The van der Waals surface area contributed by atoms with E-state index in [0.717, 1.165) is 49.7 Å². The maximum absolute atomic E-state index is 6.16. The third kappa shape index (κ3) is 5.51. The van der Waals surface area contributed by atoms with E-state index in [1.165, 1.54) is 0 Å². The highest BCUT2D eigenvalue weighted by atomic mass is 16.5.